The highest BCUT2D eigenvalue weighted by molar-refractivity contribution is 5.56. The number of carbonyl (C=O) groups is 1. The third-order valence-electron chi connectivity index (χ3n) is 2.08. The lowest BCUT2D eigenvalue weighted by molar-refractivity contribution is -0.107. The van der Waals surface area contributed by atoms with Crippen LogP contribution in [0, 0.1) is 0 Å². The lowest BCUT2D eigenvalue weighted by atomic mass is 10.2. The Hall–Kier alpha value is -1.71. The van der Waals surface area contributed by atoms with E-state index in [0.717, 1.165) is 29.7 Å². The van der Waals surface area contributed by atoms with Crippen molar-refractivity contribution in [1.29, 1.82) is 0 Å². The predicted molar refractivity (Wildman–Crippen MR) is 52.1 cm³/mol. The summed E-state index contributed by atoms with van der Waals surface area (Å²) in [6, 6.07) is 3.77. The minimum absolute atomic E-state index is 0.435. The maximum atomic E-state index is 10.3. The van der Waals surface area contributed by atoms with Crippen LogP contribution >= 0.6 is 0 Å². The third kappa shape index (κ3) is 1.51. The summed E-state index contributed by atoms with van der Waals surface area (Å²) in [7, 11) is 0. The van der Waals surface area contributed by atoms with E-state index in [0.29, 0.717) is 6.42 Å². The van der Waals surface area contributed by atoms with Gasteiger partial charge in [0.25, 0.3) is 0 Å². The van der Waals surface area contributed by atoms with E-state index in [2.05, 4.69) is 10.1 Å². The van der Waals surface area contributed by atoms with Gasteiger partial charge in [-0.1, -0.05) is 6.92 Å². The second-order valence-electron chi connectivity index (χ2n) is 3.09. The van der Waals surface area contributed by atoms with Gasteiger partial charge in [0.2, 0.25) is 0 Å². The summed E-state index contributed by atoms with van der Waals surface area (Å²) in [6.45, 7) is 2.01. The molecule has 0 saturated carbocycles. The van der Waals surface area contributed by atoms with Crippen LogP contribution in [0.15, 0.2) is 18.3 Å². The van der Waals surface area contributed by atoms with Crippen molar-refractivity contribution in [3.8, 4) is 0 Å². The van der Waals surface area contributed by atoms with Crippen LogP contribution in [0.5, 0.6) is 0 Å². The summed E-state index contributed by atoms with van der Waals surface area (Å²) in [5.74, 6) is 0.827. The largest absolute Gasteiger partial charge is 0.303 e. The summed E-state index contributed by atoms with van der Waals surface area (Å²) in [4.78, 5) is 14.6. The number of hydrogen-bond donors (Lipinski definition) is 0. The quantitative estimate of drug-likeness (QED) is 0.677. The molecule has 0 aliphatic heterocycles. The Kier molecular flexibility index (Phi) is 2.26. The fraction of sp³-hybridized carbons (Fsp3) is 0.300. The molecule has 0 aromatic carbocycles. The van der Waals surface area contributed by atoms with Gasteiger partial charge in [-0.2, -0.15) is 5.10 Å². The molecule has 0 unspecified atom stereocenters. The second-order valence-corrected chi connectivity index (χ2v) is 3.09. The number of aromatic nitrogens is 3. The zero-order valence-electron chi connectivity index (χ0n) is 7.97. The summed E-state index contributed by atoms with van der Waals surface area (Å²) in [5.41, 5.74) is 1.78. The lowest BCUT2D eigenvalue weighted by Crippen LogP contribution is -1.91. The van der Waals surface area contributed by atoms with Crippen LogP contribution in [-0.2, 0) is 17.6 Å². The minimum atomic E-state index is 0.435. The molecule has 2 aromatic rings. The summed E-state index contributed by atoms with van der Waals surface area (Å²) < 4.78 is 1.73. The second kappa shape index (κ2) is 3.57. The highest BCUT2D eigenvalue weighted by Gasteiger charge is 2.01. The van der Waals surface area contributed by atoms with Crippen molar-refractivity contribution < 1.29 is 4.79 Å². The molecule has 72 valence electrons. The van der Waals surface area contributed by atoms with E-state index in [4.69, 9.17) is 0 Å². The lowest BCUT2D eigenvalue weighted by Gasteiger charge is -1.94. The van der Waals surface area contributed by atoms with Gasteiger partial charge in [-0.25, -0.2) is 9.50 Å². The average Bonchev–Trinajstić information content (AvgIpc) is 2.60. The maximum absolute atomic E-state index is 10.3. The van der Waals surface area contributed by atoms with Gasteiger partial charge < -0.3 is 4.79 Å². The van der Waals surface area contributed by atoms with Gasteiger partial charge in [0.05, 0.1) is 0 Å². The zero-order valence-corrected chi connectivity index (χ0v) is 7.97. The normalized spacial score (nSPS) is 10.6. The monoisotopic (exact) mass is 189 g/mol. The molecule has 0 bridgehead atoms. The Bertz CT molecular complexity index is 461. The molecular weight excluding hydrogens is 178 g/mol. The molecule has 2 rings (SSSR count). The number of hydrogen-bond acceptors (Lipinski definition) is 3. The average molecular weight is 189 g/mol. The van der Waals surface area contributed by atoms with Crippen LogP contribution in [0.4, 0.5) is 0 Å². The molecule has 0 aliphatic rings. The van der Waals surface area contributed by atoms with Gasteiger partial charge in [-0.05, 0) is 17.7 Å². The van der Waals surface area contributed by atoms with Crippen molar-refractivity contribution in [2.45, 2.75) is 19.8 Å². The number of fused-ring (bicyclic) bond motifs is 1. The number of nitrogens with zero attached hydrogens (tertiary/aromatic N) is 3. The fourth-order valence-electron chi connectivity index (χ4n) is 1.34. The Labute approximate surface area is 81.6 Å². The van der Waals surface area contributed by atoms with Crippen molar-refractivity contribution in [2.75, 3.05) is 0 Å². The molecular formula is C10H11N3O. The topological polar surface area (TPSA) is 47.3 Å². The van der Waals surface area contributed by atoms with E-state index >= 15 is 0 Å². The predicted octanol–water partition coefficient (Wildman–Crippen LogP) is 1.03. The van der Waals surface area contributed by atoms with Gasteiger partial charge in [-0.3, -0.25) is 0 Å². The Morgan fingerprint density at radius 1 is 1.57 bits per heavy atom. The molecule has 0 spiro atoms. The van der Waals surface area contributed by atoms with Crippen LogP contribution in [0.25, 0.3) is 5.65 Å². The first-order valence-corrected chi connectivity index (χ1v) is 4.61. The van der Waals surface area contributed by atoms with Gasteiger partial charge in [-0.15, -0.1) is 0 Å². The standard InChI is InChI=1S/C10H11N3O/c1-2-9-11-10-7-8(4-6-14)3-5-13(10)12-9/h3,5-7H,2,4H2,1H3. The summed E-state index contributed by atoms with van der Waals surface area (Å²) in [6.07, 6.45) is 3.98. The smallest absolute Gasteiger partial charge is 0.155 e. The van der Waals surface area contributed by atoms with Crippen molar-refractivity contribution >= 4 is 11.9 Å². The van der Waals surface area contributed by atoms with E-state index in [9.17, 15) is 4.79 Å². The summed E-state index contributed by atoms with van der Waals surface area (Å²) >= 11 is 0. The SMILES string of the molecule is CCc1nc2cc(CC=O)ccn2n1. The van der Waals surface area contributed by atoms with Crippen LogP contribution in [0.1, 0.15) is 18.3 Å². The van der Waals surface area contributed by atoms with E-state index in [1.165, 1.54) is 0 Å². The molecule has 0 amide bonds. The number of carbonyl (C=O) groups excluding carboxylic acids is 1. The maximum Gasteiger partial charge on any atom is 0.155 e. The van der Waals surface area contributed by atoms with Crippen molar-refractivity contribution in [1.82, 2.24) is 14.6 Å². The number of rotatable bonds is 3. The molecule has 0 saturated heterocycles. The van der Waals surface area contributed by atoms with E-state index in [1.807, 2.05) is 25.3 Å². The number of pyridine rings is 1. The molecule has 0 atom stereocenters. The van der Waals surface area contributed by atoms with Crippen LogP contribution in [0.3, 0.4) is 0 Å². The van der Waals surface area contributed by atoms with E-state index < -0.39 is 0 Å². The van der Waals surface area contributed by atoms with Gasteiger partial charge in [0, 0.05) is 19.0 Å². The molecule has 14 heavy (non-hydrogen) atoms. The molecule has 2 heterocycles. The Morgan fingerprint density at radius 3 is 3.14 bits per heavy atom. The first-order chi connectivity index (χ1) is 6.83. The molecule has 0 radical (unpaired) electrons. The van der Waals surface area contributed by atoms with Crippen LogP contribution < -0.4 is 0 Å². The minimum Gasteiger partial charge on any atom is -0.303 e. The molecule has 4 heteroatoms. The fourth-order valence-corrected chi connectivity index (χ4v) is 1.34. The Morgan fingerprint density at radius 2 is 2.43 bits per heavy atom. The first-order valence-electron chi connectivity index (χ1n) is 4.61. The molecule has 2 aromatic heterocycles. The van der Waals surface area contributed by atoms with Gasteiger partial charge >= 0.3 is 0 Å². The first kappa shape index (κ1) is 8.87. The molecule has 0 N–H and O–H groups in total. The Balaban J connectivity index is 2.48. The van der Waals surface area contributed by atoms with E-state index in [-0.39, 0.29) is 0 Å². The van der Waals surface area contributed by atoms with Crippen LogP contribution in [0.2, 0.25) is 0 Å². The van der Waals surface area contributed by atoms with Crippen molar-refractivity contribution in [3.05, 3.63) is 29.7 Å². The molecule has 0 fully saturated rings. The molecule has 0 aliphatic carbocycles. The number of aldehydes is 1. The molecule has 4 nitrogen and oxygen atoms in total. The highest BCUT2D eigenvalue weighted by atomic mass is 16.1. The highest BCUT2D eigenvalue weighted by Crippen LogP contribution is 2.05. The van der Waals surface area contributed by atoms with E-state index in [1.54, 1.807) is 4.52 Å². The summed E-state index contributed by atoms with van der Waals surface area (Å²) in [5, 5.41) is 4.25. The van der Waals surface area contributed by atoms with Crippen LogP contribution in [-0.4, -0.2) is 20.9 Å². The number of aryl methyl sites for hydroxylation is 1. The van der Waals surface area contributed by atoms with Gasteiger partial charge in [0.15, 0.2) is 11.5 Å². The van der Waals surface area contributed by atoms with Crippen molar-refractivity contribution in [3.63, 3.8) is 0 Å². The van der Waals surface area contributed by atoms with Gasteiger partial charge in [0.1, 0.15) is 6.29 Å². The third-order valence-corrected chi connectivity index (χ3v) is 2.08. The van der Waals surface area contributed by atoms with Crippen molar-refractivity contribution in [2.24, 2.45) is 0 Å². The zero-order chi connectivity index (χ0) is 9.97.